The van der Waals surface area contributed by atoms with Crippen LogP contribution in [0.5, 0.6) is 0 Å². The van der Waals surface area contributed by atoms with Gasteiger partial charge < -0.3 is 21.0 Å². The SMILES string of the molecule is C=NOC=O.C[C-]=NOC(C)=O.[Y]. The van der Waals surface area contributed by atoms with Crippen molar-refractivity contribution in [3.63, 3.8) is 0 Å². The van der Waals surface area contributed by atoms with Crippen molar-refractivity contribution in [2.24, 2.45) is 10.3 Å². The van der Waals surface area contributed by atoms with Crippen LogP contribution in [-0.2, 0) is 52.0 Å². The van der Waals surface area contributed by atoms with E-state index in [0.29, 0.717) is 0 Å². The van der Waals surface area contributed by atoms with E-state index in [1.807, 2.05) is 0 Å². The summed E-state index contributed by atoms with van der Waals surface area (Å²) in [6.07, 6.45) is 2.28. The van der Waals surface area contributed by atoms with E-state index < -0.39 is 5.97 Å². The van der Waals surface area contributed by atoms with E-state index in [0.717, 1.165) is 0 Å². The van der Waals surface area contributed by atoms with Crippen molar-refractivity contribution in [1.29, 1.82) is 0 Å². The average molecular weight is 262 g/mol. The van der Waals surface area contributed by atoms with Crippen LogP contribution in [0.4, 0.5) is 0 Å². The van der Waals surface area contributed by atoms with Gasteiger partial charge in [0, 0.05) is 46.4 Å². The summed E-state index contributed by atoms with van der Waals surface area (Å²) in [5.41, 5.74) is 0. The molecule has 0 amide bonds. The fourth-order valence-corrected chi connectivity index (χ4v) is 0.140. The minimum Gasteiger partial charge on any atom is -0.356 e. The summed E-state index contributed by atoms with van der Waals surface area (Å²) in [4.78, 5) is 26.6. The molecule has 0 unspecified atom stereocenters. The monoisotopic (exact) mass is 262 g/mol. The predicted molar refractivity (Wildman–Crippen MR) is 41.6 cm³/mol. The molecular formula is C6H9N2O4Y-. The maximum absolute atomic E-state index is 9.85. The molecule has 0 rings (SSSR count). The normalized spacial score (nSPS) is 7.23. The Hall–Kier alpha value is -0.616. The van der Waals surface area contributed by atoms with Crippen molar-refractivity contribution in [2.45, 2.75) is 13.8 Å². The Morgan fingerprint density at radius 1 is 1.62 bits per heavy atom. The van der Waals surface area contributed by atoms with Gasteiger partial charge in [-0.05, 0) is 0 Å². The summed E-state index contributed by atoms with van der Waals surface area (Å²) >= 11 is 0. The van der Waals surface area contributed by atoms with E-state index >= 15 is 0 Å². The molecule has 0 aromatic heterocycles. The van der Waals surface area contributed by atoms with Crippen molar-refractivity contribution >= 4 is 25.4 Å². The number of nitrogens with zero attached hydrogens (tertiary/aromatic N) is 2. The Balaban J connectivity index is -0.000000150. The van der Waals surface area contributed by atoms with E-state index in [-0.39, 0.29) is 39.2 Å². The topological polar surface area (TPSA) is 77.3 Å². The second-order valence-corrected chi connectivity index (χ2v) is 1.23. The van der Waals surface area contributed by atoms with E-state index in [9.17, 15) is 4.79 Å². The van der Waals surface area contributed by atoms with Gasteiger partial charge in [-0.25, -0.2) is 0 Å². The van der Waals surface area contributed by atoms with Crippen LogP contribution in [0.1, 0.15) is 13.8 Å². The Morgan fingerprint density at radius 3 is 2.23 bits per heavy atom. The summed E-state index contributed by atoms with van der Waals surface area (Å²) in [6.45, 7) is 5.87. The summed E-state index contributed by atoms with van der Waals surface area (Å²) in [5.74, 6) is -0.422. The Morgan fingerprint density at radius 2 is 2.15 bits per heavy atom. The van der Waals surface area contributed by atoms with Crippen molar-refractivity contribution in [2.75, 3.05) is 0 Å². The molecule has 7 heteroatoms. The molecule has 0 saturated heterocycles. The maximum Gasteiger partial charge on any atom is 0.327 e. The third kappa shape index (κ3) is 34.6. The van der Waals surface area contributed by atoms with Crippen LogP contribution in [0.2, 0.25) is 0 Å². The van der Waals surface area contributed by atoms with Gasteiger partial charge in [0.2, 0.25) is 0 Å². The first-order chi connectivity index (χ1) is 5.68. The van der Waals surface area contributed by atoms with Crippen LogP contribution in [0.15, 0.2) is 10.3 Å². The third-order valence-electron chi connectivity index (χ3n) is 0.383. The molecule has 0 aliphatic carbocycles. The molecule has 0 bridgehead atoms. The summed E-state index contributed by atoms with van der Waals surface area (Å²) < 4.78 is 0. The first kappa shape index (κ1) is 18.2. The average Bonchev–Trinajstić information content (AvgIpc) is 2.03. The Bertz CT molecular complexity index is 166. The Labute approximate surface area is 101 Å². The molecule has 0 fully saturated rings. The smallest absolute Gasteiger partial charge is 0.327 e. The first-order valence-electron chi connectivity index (χ1n) is 2.78. The zero-order valence-corrected chi connectivity index (χ0v) is 10.2. The molecule has 6 nitrogen and oxygen atoms in total. The summed E-state index contributed by atoms with van der Waals surface area (Å²) in [7, 11) is 0. The fraction of sp³-hybridized carbons (Fsp3) is 0.333. The van der Waals surface area contributed by atoms with Crippen molar-refractivity contribution in [1.82, 2.24) is 0 Å². The van der Waals surface area contributed by atoms with E-state index in [1.54, 1.807) is 6.92 Å². The molecule has 0 aromatic carbocycles. The number of carbonyl (C=O) groups excluding carboxylic acids is 2. The van der Waals surface area contributed by atoms with E-state index in [4.69, 9.17) is 4.79 Å². The zero-order chi connectivity index (χ0) is 9.82. The van der Waals surface area contributed by atoms with Gasteiger partial charge in [0.15, 0.2) is 0 Å². The maximum atomic E-state index is 9.85. The Kier molecular flexibility index (Phi) is 24.5. The minimum atomic E-state index is -0.422. The minimum absolute atomic E-state index is 0. The van der Waals surface area contributed by atoms with E-state index in [2.05, 4.69) is 32.9 Å². The van der Waals surface area contributed by atoms with Gasteiger partial charge in [-0.15, -0.1) is 0 Å². The third-order valence-corrected chi connectivity index (χ3v) is 0.383. The van der Waals surface area contributed by atoms with Gasteiger partial charge in [-0.3, -0.25) is 9.59 Å². The van der Waals surface area contributed by atoms with Crippen molar-refractivity contribution in [3.8, 4) is 0 Å². The quantitative estimate of drug-likeness (QED) is 0.239. The molecular weight excluding hydrogens is 253 g/mol. The van der Waals surface area contributed by atoms with E-state index in [1.165, 1.54) is 6.92 Å². The molecule has 0 saturated carbocycles. The van der Waals surface area contributed by atoms with Crippen LogP contribution in [-0.4, -0.2) is 25.4 Å². The van der Waals surface area contributed by atoms with Gasteiger partial charge in [-0.2, -0.15) is 6.92 Å². The molecule has 1 radical (unpaired) electrons. The molecule has 71 valence electrons. The summed E-state index contributed by atoms with van der Waals surface area (Å²) in [5, 5.41) is 5.81. The van der Waals surface area contributed by atoms with Crippen LogP contribution in [0.25, 0.3) is 0 Å². The van der Waals surface area contributed by atoms with Gasteiger partial charge >= 0.3 is 12.4 Å². The molecule has 0 aromatic rings. The second kappa shape index (κ2) is 17.5. The largest absolute Gasteiger partial charge is 0.356 e. The number of oxime groups is 1. The molecule has 0 heterocycles. The molecule has 0 N–H and O–H groups in total. The molecule has 13 heavy (non-hydrogen) atoms. The molecule has 0 atom stereocenters. The number of hydrogen-bond acceptors (Lipinski definition) is 6. The molecule has 0 aliphatic heterocycles. The summed E-state index contributed by atoms with van der Waals surface area (Å²) in [6, 6.07) is 0. The van der Waals surface area contributed by atoms with Gasteiger partial charge in [0.25, 0.3) is 0 Å². The van der Waals surface area contributed by atoms with Crippen molar-refractivity contribution in [3.05, 3.63) is 0 Å². The van der Waals surface area contributed by atoms with Gasteiger partial charge in [0.05, 0.1) is 0 Å². The van der Waals surface area contributed by atoms with Crippen LogP contribution in [0, 0.1) is 0 Å². The predicted octanol–water partition coefficient (Wildman–Crippen LogP) is 0.205. The first-order valence-corrected chi connectivity index (χ1v) is 2.78. The standard InChI is InChI=1S/C4H6NO2.C2H3NO2.Y/c1-3-5-7-4(2)6;1-3-5-2-4;/h1-2H3;2H,1H2;/q-1;;. The van der Waals surface area contributed by atoms with Gasteiger partial charge in [-0.1, -0.05) is 5.16 Å². The molecule has 0 spiro atoms. The zero-order valence-electron chi connectivity index (χ0n) is 7.39. The van der Waals surface area contributed by atoms with Crippen LogP contribution >= 0.6 is 0 Å². The van der Waals surface area contributed by atoms with Crippen LogP contribution in [0.3, 0.4) is 0 Å². The molecule has 0 aliphatic rings. The fourth-order valence-electron chi connectivity index (χ4n) is 0.140. The second-order valence-electron chi connectivity index (χ2n) is 1.23. The van der Waals surface area contributed by atoms with Gasteiger partial charge in [0.1, 0.15) is 0 Å². The number of rotatable bonds is 3. The number of hydrogen-bond donors (Lipinski definition) is 0. The van der Waals surface area contributed by atoms with Crippen LogP contribution < -0.4 is 0 Å². The number of carbonyl (C=O) groups is 2. The van der Waals surface area contributed by atoms with Crippen molar-refractivity contribution < 1.29 is 52.0 Å².